The molecule has 6 nitrogen and oxygen atoms in total. The zero-order valence-electron chi connectivity index (χ0n) is 12.4. The minimum absolute atomic E-state index is 0.0307. The molecule has 0 saturated carbocycles. The van der Waals surface area contributed by atoms with Gasteiger partial charge in [-0.2, -0.15) is 0 Å². The molecule has 1 N–H and O–H groups in total. The number of aliphatic carboxylic acids is 1. The van der Waals surface area contributed by atoms with E-state index in [2.05, 4.69) is 4.98 Å². The number of methoxy groups -OCH3 is 2. The van der Waals surface area contributed by atoms with Crippen molar-refractivity contribution in [1.82, 2.24) is 9.88 Å². The van der Waals surface area contributed by atoms with Crippen LogP contribution in [0.3, 0.4) is 0 Å². The van der Waals surface area contributed by atoms with E-state index < -0.39 is 5.97 Å². The van der Waals surface area contributed by atoms with Crippen molar-refractivity contribution in [2.45, 2.75) is 32.9 Å². The van der Waals surface area contributed by atoms with Crippen molar-refractivity contribution in [3.05, 3.63) is 18.0 Å². The number of aromatic nitrogens is 1. The third-order valence-corrected chi connectivity index (χ3v) is 3.27. The molecule has 1 unspecified atom stereocenters. The fourth-order valence-corrected chi connectivity index (χ4v) is 1.96. The lowest BCUT2D eigenvalue weighted by Crippen LogP contribution is -2.36. The van der Waals surface area contributed by atoms with Crippen LogP contribution in [0.1, 0.15) is 26.0 Å². The number of nitrogens with zero attached hydrogens (tertiary/aromatic N) is 2. The maximum atomic E-state index is 11.0. The molecule has 20 heavy (non-hydrogen) atoms. The lowest BCUT2D eigenvalue weighted by molar-refractivity contribution is -0.139. The highest BCUT2D eigenvalue weighted by atomic mass is 16.5. The van der Waals surface area contributed by atoms with E-state index in [-0.39, 0.29) is 12.6 Å². The van der Waals surface area contributed by atoms with E-state index in [4.69, 9.17) is 14.6 Å². The largest absolute Gasteiger partial charge is 0.493 e. The molecule has 1 atom stereocenters. The normalized spacial score (nSPS) is 12.2. The fraction of sp³-hybridized carbons (Fsp3) is 0.571. The fourth-order valence-electron chi connectivity index (χ4n) is 1.96. The van der Waals surface area contributed by atoms with E-state index >= 15 is 0 Å². The molecule has 0 fully saturated rings. The van der Waals surface area contributed by atoms with Gasteiger partial charge < -0.3 is 14.6 Å². The van der Waals surface area contributed by atoms with E-state index in [1.807, 2.05) is 18.7 Å². The van der Waals surface area contributed by atoms with Gasteiger partial charge >= 0.3 is 5.97 Å². The van der Waals surface area contributed by atoms with Gasteiger partial charge in [0.1, 0.15) is 5.69 Å². The molecule has 112 valence electrons. The molecule has 0 aromatic carbocycles. The molecule has 0 aliphatic carbocycles. The molecular weight excluding hydrogens is 260 g/mol. The standard InChI is InChI=1S/C14H22N2O4/c1-5-10(2)16(9-13(17)18)8-11-14(20-4)12(19-3)6-7-15-11/h6-7,10H,5,8-9H2,1-4H3,(H,17,18). The van der Waals surface area contributed by atoms with Crippen LogP contribution in [0.25, 0.3) is 0 Å². The molecular formula is C14H22N2O4. The summed E-state index contributed by atoms with van der Waals surface area (Å²) in [6, 6.07) is 1.86. The number of ether oxygens (including phenoxy) is 2. The van der Waals surface area contributed by atoms with Gasteiger partial charge in [-0.25, -0.2) is 0 Å². The van der Waals surface area contributed by atoms with Gasteiger partial charge in [0.2, 0.25) is 0 Å². The first kappa shape index (κ1) is 16.2. The summed E-state index contributed by atoms with van der Waals surface area (Å²) >= 11 is 0. The van der Waals surface area contributed by atoms with Crippen LogP contribution in [0.4, 0.5) is 0 Å². The van der Waals surface area contributed by atoms with E-state index in [1.165, 1.54) is 0 Å². The second-order valence-electron chi connectivity index (χ2n) is 4.55. The Morgan fingerprint density at radius 1 is 1.45 bits per heavy atom. The van der Waals surface area contributed by atoms with Crippen LogP contribution in [0.15, 0.2) is 12.3 Å². The van der Waals surface area contributed by atoms with Gasteiger partial charge in [0.05, 0.1) is 20.8 Å². The van der Waals surface area contributed by atoms with Crippen LogP contribution in [0, 0.1) is 0 Å². The van der Waals surface area contributed by atoms with Gasteiger partial charge in [-0.15, -0.1) is 0 Å². The topological polar surface area (TPSA) is 71.9 Å². The average molecular weight is 282 g/mol. The Kier molecular flexibility index (Phi) is 6.24. The van der Waals surface area contributed by atoms with Crippen LogP contribution in [-0.2, 0) is 11.3 Å². The average Bonchev–Trinajstić information content (AvgIpc) is 2.44. The van der Waals surface area contributed by atoms with Crippen LogP contribution < -0.4 is 9.47 Å². The predicted octanol–water partition coefficient (Wildman–Crippen LogP) is 1.78. The van der Waals surface area contributed by atoms with Crippen molar-refractivity contribution in [3.8, 4) is 11.5 Å². The summed E-state index contributed by atoms with van der Waals surface area (Å²) in [4.78, 5) is 17.1. The quantitative estimate of drug-likeness (QED) is 0.783. The van der Waals surface area contributed by atoms with Crippen LogP contribution in [0.5, 0.6) is 11.5 Å². The molecule has 1 rings (SSSR count). The Bertz CT molecular complexity index is 451. The Labute approximate surface area is 119 Å². The first-order chi connectivity index (χ1) is 9.53. The number of rotatable bonds is 8. The Morgan fingerprint density at radius 3 is 2.65 bits per heavy atom. The Morgan fingerprint density at radius 2 is 2.15 bits per heavy atom. The SMILES string of the molecule is CCC(C)N(CC(=O)O)Cc1nccc(OC)c1OC. The second kappa shape index (κ2) is 7.69. The van der Waals surface area contributed by atoms with Crippen LogP contribution in [0.2, 0.25) is 0 Å². The summed E-state index contributed by atoms with van der Waals surface area (Å²) in [5.41, 5.74) is 0.674. The molecule has 6 heteroatoms. The number of carboxylic acids is 1. The molecule has 0 saturated heterocycles. The molecule has 0 bridgehead atoms. The zero-order valence-corrected chi connectivity index (χ0v) is 12.4. The summed E-state index contributed by atoms with van der Waals surface area (Å²) in [5.74, 6) is 0.290. The lowest BCUT2D eigenvalue weighted by Gasteiger charge is -2.27. The van der Waals surface area contributed by atoms with Gasteiger partial charge in [-0.1, -0.05) is 6.92 Å². The highest BCUT2D eigenvalue weighted by molar-refractivity contribution is 5.69. The van der Waals surface area contributed by atoms with Gasteiger partial charge in [-0.05, 0) is 13.3 Å². The lowest BCUT2D eigenvalue weighted by atomic mass is 10.2. The van der Waals surface area contributed by atoms with Crippen molar-refractivity contribution >= 4 is 5.97 Å². The molecule has 1 aromatic heterocycles. The van der Waals surface area contributed by atoms with E-state index in [0.717, 1.165) is 6.42 Å². The minimum Gasteiger partial charge on any atom is -0.493 e. The molecule has 0 amide bonds. The predicted molar refractivity (Wildman–Crippen MR) is 75.1 cm³/mol. The highest BCUT2D eigenvalue weighted by Gasteiger charge is 2.20. The maximum Gasteiger partial charge on any atom is 0.317 e. The maximum absolute atomic E-state index is 11.0. The molecule has 0 spiro atoms. The minimum atomic E-state index is -0.854. The number of pyridine rings is 1. The van der Waals surface area contributed by atoms with Crippen molar-refractivity contribution < 1.29 is 19.4 Å². The first-order valence-corrected chi connectivity index (χ1v) is 6.55. The van der Waals surface area contributed by atoms with Crippen molar-refractivity contribution in [2.24, 2.45) is 0 Å². The summed E-state index contributed by atoms with van der Waals surface area (Å²) in [6.45, 7) is 4.39. The van der Waals surface area contributed by atoms with Crippen molar-refractivity contribution in [3.63, 3.8) is 0 Å². The smallest absolute Gasteiger partial charge is 0.317 e. The van der Waals surface area contributed by atoms with Crippen LogP contribution in [-0.4, -0.2) is 47.8 Å². The third kappa shape index (κ3) is 4.09. The Hall–Kier alpha value is -1.82. The molecule has 1 aromatic rings. The van der Waals surface area contributed by atoms with E-state index in [9.17, 15) is 4.79 Å². The second-order valence-corrected chi connectivity index (χ2v) is 4.55. The first-order valence-electron chi connectivity index (χ1n) is 6.55. The molecule has 0 radical (unpaired) electrons. The van der Waals surface area contributed by atoms with Gasteiger partial charge in [0.25, 0.3) is 0 Å². The van der Waals surface area contributed by atoms with Crippen molar-refractivity contribution in [2.75, 3.05) is 20.8 Å². The van der Waals surface area contributed by atoms with Crippen LogP contribution >= 0.6 is 0 Å². The Balaban J connectivity index is 3.01. The summed E-state index contributed by atoms with van der Waals surface area (Å²) in [7, 11) is 3.11. The number of hydrogen-bond acceptors (Lipinski definition) is 5. The number of carboxylic acid groups (broad SMARTS) is 1. The number of hydrogen-bond donors (Lipinski definition) is 1. The summed E-state index contributed by atoms with van der Waals surface area (Å²) < 4.78 is 10.6. The van der Waals surface area contributed by atoms with E-state index in [0.29, 0.717) is 23.7 Å². The van der Waals surface area contributed by atoms with Gasteiger partial charge in [0, 0.05) is 24.8 Å². The highest BCUT2D eigenvalue weighted by Crippen LogP contribution is 2.30. The molecule has 0 aliphatic heterocycles. The van der Waals surface area contributed by atoms with Gasteiger partial charge in [-0.3, -0.25) is 14.7 Å². The van der Waals surface area contributed by atoms with Gasteiger partial charge in [0.15, 0.2) is 11.5 Å². The monoisotopic (exact) mass is 282 g/mol. The number of carbonyl (C=O) groups is 1. The zero-order chi connectivity index (χ0) is 15.1. The third-order valence-electron chi connectivity index (χ3n) is 3.27. The molecule has 1 heterocycles. The van der Waals surface area contributed by atoms with E-state index in [1.54, 1.807) is 26.5 Å². The summed E-state index contributed by atoms with van der Waals surface area (Å²) in [5, 5.41) is 9.02. The molecule has 0 aliphatic rings. The summed E-state index contributed by atoms with van der Waals surface area (Å²) in [6.07, 6.45) is 2.49. The van der Waals surface area contributed by atoms with Crippen molar-refractivity contribution in [1.29, 1.82) is 0 Å².